The van der Waals surface area contributed by atoms with Gasteiger partial charge in [-0.3, -0.25) is 9.48 Å². The highest BCUT2D eigenvalue weighted by Crippen LogP contribution is 2.51. The van der Waals surface area contributed by atoms with Gasteiger partial charge in [0.1, 0.15) is 5.69 Å². The highest BCUT2D eigenvalue weighted by molar-refractivity contribution is 5.93. The van der Waals surface area contributed by atoms with Crippen molar-refractivity contribution in [2.45, 2.75) is 64.0 Å². The largest absolute Gasteiger partial charge is 0.377 e. The summed E-state index contributed by atoms with van der Waals surface area (Å²) in [6.07, 6.45) is 6.73. The lowest BCUT2D eigenvalue weighted by molar-refractivity contribution is -0.0785. The van der Waals surface area contributed by atoms with Gasteiger partial charge in [-0.2, -0.15) is 5.10 Å². The quantitative estimate of drug-likeness (QED) is 0.923. The summed E-state index contributed by atoms with van der Waals surface area (Å²) in [4.78, 5) is 12.8. The Hall–Kier alpha value is -1.36. The van der Waals surface area contributed by atoms with Crippen LogP contribution in [0.25, 0.3) is 0 Å². The number of aromatic nitrogens is 2. The predicted molar refractivity (Wildman–Crippen MR) is 91.8 cm³/mol. The first kappa shape index (κ1) is 16.1. The number of amides is 1. The first-order chi connectivity index (χ1) is 11.6. The number of nitrogens with one attached hydrogen (secondary N) is 1. The number of hydrogen-bond donors (Lipinski definition) is 1. The van der Waals surface area contributed by atoms with Gasteiger partial charge in [0.2, 0.25) is 0 Å². The van der Waals surface area contributed by atoms with E-state index in [2.05, 4.69) is 24.3 Å². The average Bonchev–Trinajstić information content (AvgIpc) is 3.25. The SMILES string of the molecule is CC(C)c1cc(C(=O)N[C@@H]2[C@@H]3CCO[C@@H]3[C@@H]2C2CCCC2)n(C)n1. The predicted octanol–water partition coefficient (Wildman–Crippen LogP) is 2.87. The molecule has 1 aliphatic heterocycles. The number of nitrogens with zero attached hydrogens (tertiary/aromatic N) is 2. The number of rotatable bonds is 4. The van der Waals surface area contributed by atoms with Crippen LogP contribution in [0.2, 0.25) is 0 Å². The molecule has 3 fully saturated rings. The van der Waals surface area contributed by atoms with Crippen LogP contribution in [-0.2, 0) is 11.8 Å². The van der Waals surface area contributed by atoms with E-state index in [1.807, 2.05) is 13.1 Å². The number of carbonyl (C=O) groups excluding carboxylic acids is 1. The molecule has 1 aromatic rings. The maximum Gasteiger partial charge on any atom is 0.269 e. The van der Waals surface area contributed by atoms with Crippen LogP contribution in [-0.4, -0.2) is 34.4 Å². The van der Waals surface area contributed by atoms with Gasteiger partial charge in [0, 0.05) is 31.5 Å². The Labute approximate surface area is 144 Å². The topological polar surface area (TPSA) is 56.1 Å². The zero-order chi connectivity index (χ0) is 16.8. The normalized spacial score (nSPS) is 32.8. The Morgan fingerprint density at radius 1 is 1.33 bits per heavy atom. The van der Waals surface area contributed by atoms with E-state index in [9.17, 15) is 4.79 Å². The zero-order valence-electron chi connectivity index (χ0n) is 15.0. The summed E-state index contributed by atoms with van der Waals surface area (Å²) in [5.74, 6) is 2.11. The molecule has 0 aromatic carbocycles. The highest BCUT2D eigenvalue weighted by Gasteiger charge is 2.57. The summed E-state index contributed by atoms with van der Waals surface area (Å²) < 4.78 is 7.70. The minimum Gasteiger partial charge on any atom is -0.377 e. The maximum atomic E-state index is 12.8. The molecule has 1 amide bonds. The first-order valence-electron chi connectivity index (χ1n) is 9.52. The summed E-state index contributed by atoms with van der Waals surface area (Å²) in [7, 11) is 1.86. The molecule has 1 aromatic heterocycles. The van der Waals surface area contributed by atoms with Gasteiger partial charge in [0.05, 0.1) is 11.8 Å². The fraction of sp³-hybridized carbons (Fsp3) is 0.789. The van der Waals surface area contributed by atoms with Crippen LogP contribution in [0.5, 0.6) is 0 Å². The molecule has 5 nitrogen and oxygen atoms in total. The van der Waals surface area contributed by atoms with Gasteiger partial charge in [-0.1, -0.05) is 39.5 Å². The van der Waals surface area contributed by atoms with Gasteiger partial charge < -0.3 is 10.1 Å². The molecule has 5 heteroatoms. The number of carbonyl (C=O) groups is 1. The molecule has 2 aliphatic carbocycles. The Kier molecular flexibility index (Phi) is 4.15. The number of ether oxygens (including phenoxy) is 1. The van der Waals surface area contributed by atoms with Crippen LogP contribution in [0, 0.1) is 17.8 Å². The van der Waals surface area contributed by atoms with E-state index in [-0.39, 0.29) is 11.9 Å². The van der Waals surface area contributed by atoms with Crippen molar-refractivity contribution < 1.29 is 9.53 Å². The van der Waals surface area contributed by atoms with Gasteiger partial charge in [-0.25, -0.2) is 0 Å². The Bertz CT molecular complexity index is 613. The Balaban J connectivity index is 1.49. The molecule has 3 aliphatic rings. The van der Waals surface area contributed by atoms with E-state index < -0.39 is 0 Å². The molecule has 0 bridgehead atoms. The van der Waals surface area contributed by atoms with Gasteiger partial charge in [0.15, 0.2) is 0 Å². The van der Waals surface area contributed by atoms with Crippen molar-refractivity contribution in [3.63, 3.8) is 0 Å². The lowest BCUT2D eigenvalue weighted by Crippen LogP contribution is -2.63. The Morgan fingerprint density at radius 2 is 2.08 bits per heavy atom. The first-order valence-corrected chi connectivity index (χ1v) is 9.52. The highest BCUT2D eigenvalue weighted by atomic mass is 16.5. The van der Waals surface area contributed by atoms with Gasteiger partial charge >= 0.3 is 0 Å². The van der Waals surface area contributed by atoms with E-state index in [0.717, 1.165) is 24.6 Å². The van der Waals surface area contributed by atoms with E-state index >= 15 is 0 Å². The second kappa shape index (κ2) is 6.17. The van der Waals surface area contributed by atoms with Crippen LogP contribution < -0.4 is 5.32 Å². The average molecular weight is 331 g/mol. The van der Waals surface area contributed by atoms with Crippen molar-refractivity contribution in [3.8, 4) is 0 Å². The molecule has 2 saturated carbocycles. The molecular weight excluding hydrogens is 302 g/mol. The summed E-state index contributed by atoms with van der Waals surface area (Å²) in [6.45, 7) is 5.06. The summed E-state index contributed by atoms with van der Waals surface area (Å²) in [6, 6.07) is 2.22. The van der Waals surface area contributed by atoms with E-state index in [1.54, 1.807) is 4.68 Å². The zero-order valence-corrected chi connectivity index (χ0v) is 15.0. The number of hydrogen-bond acceptors (Lipinski definition) is 3. The molecule has 0 radical (unpaired) electrons. The van der Waals surface area contributed by atoms with Crippen molar-refractivity contribution in [2.75, 3.05) is 6.61 Å². The third-order valence-electron chi connectivity index (χ3n) is 6.40. The van der Waals surface area contributed by atoms with Crippen LogP contribution >= 0.6 is 0 Å². The van der Waals surface area contributed by atoms with Crippen molar-refractivity contribution in [3.05, 3.63) is 17.5 Å². The third-order valence-corrected chi connectivity index (χ3v) is 6.40. The van der Waals surface area contributed by atoms with Gasteiger partial charge in [-0.05, 0) is 24.3 Å². The fourth-order valence-electron chi connectivity index (χ4n) is 5.07. The van der Waals surface area contributed by atoms with Crippen molar-refractivity contribution in [2.24, 2.45) is 24.8 Å². The molecular formula is C19H29N3O2. The van der Waals surface area contributed by atoms with Crippen molar-refractivity contribution >= 4 is 5.91 Å². The summed E-state index contributed by atoms with van der Waals surface area (Å²) in [5.41, 5.74) is 1.65. The van der Waals surface area contributed by atoms with E-state index in [4.69, 9.17) is 4.74 Å². The molecule has 132 valence electrons. The molecule has 0 unspecified atom stereocenters. The van der Waals surface area contributed by atoms with Gasteiger partial charge in [-0.15, -0.1) is 0 Å². The standard InChI is InChI=1S/C19H29N3O2/c1-11(2)14-10-15(22(3)21-14)19(23)20-17-13-8-9-24-18(13)16(17)12-6-4-5-7-12/h10-13,16-18H,4-9H2,1-3H3,(H,20,23)/t13-,16+,17+,18-/m0/s1. The number of aryl methyl sites for hydroxylation is 1. The smallest absolute Gasteiger partial charge is 0.269 e. The minimum absolute atomic E-state index is 0.0234. The summed E-state index contributed by atoms with van der Waals surface area (Å²) in [5, 5.41) is 7.82. The second-order valence-corrected chi connectivity index (χ2v) is 8.14. The van der Waals surface area contributed by atoms with Crippen molar-refractivity contribution in [1.29, 1.82) is 0 Å². The molecule has 4 atom stereocenters. The molecule has 4 rings (SSSR count). The van der Waals surface area contributed by atoms with Crippen LogP contribution in [0.15, 0.2) is 6.07 Å². The summed E-state index contributed by atoms with van der Waals surface area (Å²) >= 11 is 0. The maximum absolute atomic E-state index is 12.8. The minimum atomic E-state index is 0.0234. The fourth-order valence-corrected chi connectivity index (χ4v) is 5.07. The van der Waals surface area contributed by atoms with E-state index in [1.165, 1.54) is 25.7 Å². The molecule has 1 N–H and O–H groups in total. The second-order valence-electron chi connectivity index (χ2n) is 8.14. The lowest BCUT2D eigenvalue weighted by Gasteiger charge is -2.50. The third kappa shape index (κ3) is 2.57. The van der Waals surface area contributed by atoms with Crippen LogP contribution in [0.4, 0.5) is 0 Å². The monoisotopic (exact) mass is 331 g/mol. The van der Waals surface area contributed by atoms with Crippen LogP contribution in [0.1, 0.15) is 68.1 Å². The molecule has 1 saturated heterocycles. The Morgan fingerprint density at radius 3 is 2.75 bits per heavy atom. The van der Waals surface area contributed by atoms with E-state index in [0.29, 0.717) is 29.6 Å². The molecule has 2 heterocycles. The molecule has 0 spiro atoms. The van der Waals surface area contributed by atoms with Crippen molar-refractivity contribution in [1.82, 2.24) is 15.1 Å². The number of fused-ring (bicyclic) bond motifs is 1. The van der Waals surface area contributed by atoms with Crippen LogP contribution in [0.3, 0.4) is 0 Å². The van der Waals surface area contributed by atoms with Gasteiger partial charge in [0.25, 0.3) is 5.91 Å². The molecule has 24 heavy (non-hydrogen) atoms. The lowest BCUT2D eigenvalue weighted by atomic mass is 9.61.